The van der Waals surface area contributed by atoms with Gasteiger partial charge in [-0.25, -0.2) is 0 Å². The van der Waals surface area contributed by atoms with E-state index in [1.165, 1.54) is 5.56 Å². The van der Waals surface area contributed by atoms with Crippen molar-refractivity contribution in [3.63, 3.8) is 0 Å². The molecular formula is C11H17N5. The van der Waals surface area contributed by atoms with Crippen LogP contribution in [0.25, 0.3) is 0 Å². The van der Waals surface area contributed by atoms with Crippen LogP contribution in [-0.2, 0) is 13.1 Å². The molecule has 2 aromatic heterocycles. The third-order valence-electron chi connectivity index (χ3n) is 2.38. The van der Waals surface area contributed by atoms with Crippen molar-refractivity contribution in [1.82, 2.24) is 25.3 Å². The molecule has 0 amide bonds. The maximum Gasteiger partial charge on any atom is 0.0518 e. The van der Waals surface area contributed by atoms with Gasteiger partial charge in [-0.3, -0.25) is 9.78 Å². The lowest BCUT2D eigenvalue weighted by molar-refractivity contribution is 0.541. The summed E-state index contributed by atoms with van der Waals surface area (Å²) in [5.41, 5.74) is 2.33. The van der Waals surface area contributed by atoms with Gasteiger partial charge in [-0.05, 0) is 31.5 Å². The van der Waals surface area contributed by atoms with Crippen molar-refractivity contribution in [3.05, 3.63) is 35.9 Å². The van der Waals surface area contributed by atoms with Crippen LogP contribution in [0.3, 0.4) is 0 Å². The summed E-state index contributed by atoms with van der Waals surface area (Å²) >= 11 is 0. The quantitative estimate of drug-likeness (QED) is 0.715. The van der Waals surface area contributed by atoms with E-state index in [9.17, 15) is 0 Å². The van der Waals surface area contributed by atoms with Gasteiger partial charge in [0.2, 0.25) is 0 Å². The minimum atomic E-state index is 0.845. The SMILES string of the molecule is Cc1cnn(CCCNCc2ccn[nH]2)c1. The van der Waals surface area contributed by atoms with Gasteiger partial charge in [-0.2, -0.15) is 10.2 Å². The van der Waals surface area contributed by atoms with Gasteiger partial charge in [0, 0.05) is 31.2 Å². The van der Waals surface area contributed by atoms with Gasteiger partial charge in [-0.15, -0.1) is 0 Å². The molecule has 2 N–H and O–H groups in total. The van der Waals surface area contributed by atoms with Crippen LogP contribution in [0.5, 0.6) is 0 Å². The molecule has 0 spiro atoms. The largest absolute Gasteiger partial charge is 0.311 e. The highest BCUT2D eigenvalue weighted by Gasteiger charge is 1.95. The predicted octanol–water partition coefficient (Wildman–Crippen LogP) is 1.09. The Morgan fingerprint density at radius 2 is 2.44 bits per heavy atom. The topological polar surface area (TPSA) is 58.5 Å². The van der Waals surface area contributed by atoms with Gasteiger partial charge in [-0.1, -0.05) is 0 Å². The zero-order chi connectivity index (χ0) is 11.2. The summed E-state index contributed by atoms with van der Waals surface area (Å²) in [4.78, 5) is 0. The lowest BCUT2D eigenvalue weighted by atomic mass is 10.4. The standard InChI is InChI=1S/C11H17N5/c1-10-7-14-16(9-10)6-2-4-12-8-11-3-5-13-15-11/h3,5,7,9,12H,2,4,6,8H2,1H3,(H,13,15). The lowest BCUT2D eigenvalue weighted by Crippen LogP contribution is -2.16. The van der Waals surface area contributed by atoms with Gasteiger partial charge < -0.3 is 5.32 Å². The predicted molar refractivity (Wildman–Crippen MR) is 61.9 cm³/mol. The van der Waals surface area contributed by atoms with Gasteiger partial charge in [0.15, 0.2) is 0 Å². The number of aryl methyl sites for hydroxylation is 2. The van der Waals surface area contributed by atoms with E-state index in [1.54, 1.807) is 6.20 Å². The Kier molecular flexibility index (Phi) is 3.71. The van der Waals surface area contributed by atoms with E-state index in [4.69, 9.17) is 0 Å². The molecule has 0 aliphatic heterocycles. The fraction of sp³-hybridized carbons (Fsp3) is 0.455. The molecule has 0 saturated heterocycles. The Bertz CT molecular complexity index is 404. The minimum absolute atomic E-state index is 0.845. The Morgan fingerprint density at radius 3 is 3.12 bits per heavy atom. The van der Waals surface area contributed by atoms with Crippen molar-refractivity contribution in [3.8, 4) is 0 Å². The van der Waals surface area contributed by atoms with Crippen LogP contribution < -0.4 is 5.32 Å². The molecule has 2 rings (SSSR count). The highest BCUT2D eigenvalue weighted by Crippen LogP contribution is 1.95. The number of rotatable bonds is 6. The molecule has 0 aliphatic carbocycles. The first-order chi connectivity index (χ1) is 7.84. The molecule has 0 aromatic carbocycles. The van der Waals surface area contributed by atoms with Crippen LogP contribution in [0, 0.1) is 6.92 Å². The van der Waals surface area contributed by atoms with Crippen LogP contribution in [0.15, 0.2) is 24.7 Å². The van der Waals surface area contributed by atoms with Gasteiger partial charge in [0.05, 0.1) is 6.20 Å². The average Bonchev–Trinajstić information content (AvgIpc) is 2.89. The molecule has 5 nitrogen and oxygen atoms in total. The summed E-state index contributed by atoms with van der Waals surface area (Å²) in [6.45, 7) is 4.85. The van der Waals surface area contributed by atoms with Crippen molar-refractivity contribution in [2.45, 2.75) is 26.4 Å². The van der Waals surface area contributed by atoms with Gasteiger partial charge in [0.1, 0.15) is 0 Å². The Morgan fingerprint density at radius 1 is 1.50 bits per heavy atom. The number of hydrogen-bond donors (Lipinski definition) is 2. The molecule has 0 fully saturated rings. The molecule has 86 valence electrons. The first-order valence-electron chi connectivity index (χ1n) is 5.52. The molecule has 16 heavy (non-hydrogen) atoms. The van der Waals surface area contributed by atoms with Crippen LogP contribution >= 0.6 is 0 Å². The number of nitrogens with one attached hydrogen (secondary N) is 2. The maximum absolute atomic E-state index is 4.24. The second kappa shape index (κ2) is 5.46. The number of aromatic amines is 1. The van der Waals surface area contributed by atoms with Crippen molar-refractivity contribution in [1.29, 1.82) is 0 Å². The molecule has 0 radical (unpaired) electrons. The van der Waals surface area contributed by atoms with Gasteiger partial charge in [0.25, 0.3) is 0 Å². The third kappa shape index (κ3) is 3.20. The summed E-state index contributed by atoms with van der Waals surface area (Å²) in [7, 11) is 0. The Hall–Kier alpha value is -1.62. The van der Waals surface area contributed by atoms with Gasteiger partial charge >= 0.3 is 0 Å². The first kappa shape index (κ1) is 10.9. The molecule has 2 aromatic rings. The lowest BCUT2D eigenvalue weighted by Gasteiger charge is -2.03. The fourth-order valence-electron chi connectivity index (χ4n) is 1.56. The van der Waals surface area contributed by atoms with Crippen LogP contribution in [0.4, 0.5) is 0 Å². The molecule has 5 heteroatoms. The highest BCUT2D eigenvalue weighted by molar-refractivity contribution is 4.99. The molecule has 0 bridgehead atoms. The van der Waals surface area contributed by atoms with E-state index in [-0.39, 0.29) is 0 Å². The molecule has 2 heterocycles. The van der Waals surface area contributed by atoms with E-state index in [2.05, 4.69) is 33.7 Å². The first-order valence-corrected chi connectivity index (χ1v) is 5.52. The Balaban J connectivity index is 1.59. The van der Waals surface area contributed by atoms with Crippen molar-refractivity contribution in [2.24, 2.45) is 0 Å². The summed E-state index contributed by atoms with van der Waals surface area (Å²) in [5, 5.41) is 14.4. The maximum atomic E-state index is 4.24. The van der Waals surface area contributed by atoms with E-state index < -0.39 is 0 Å². The number of nitrogens with zero attached hydrogens (tertiary/aromatic N) is 3. The van der Waals surface area contributed by atoms with Crippen LogP contribution in [0.1, 0.15) is 17.7 Å². The molecular weight excluding hydrogens is 202 g/mol. The summed E-state index contributed by atoms with van der Waals surface area (Å²) in [5.74, 6) is 0. The van der Waals surface area contributed by atoms with E-state index in [1.807, 2.05) is 16.9 Å². The fourth-order valence-corrected chi connectivity index (χ4v) is 1.56. The zero-order valence-corrected chi connectivity index (χ0v) is 9.48. The molecule has 0 atom stereocenters. The van der Waals surface area contributed by atoms with E-state index in [0.29, 0.717) is 0 Å². The smallest absolute Gasteiger partial charge is 0.0518 e. The monoisotopic (exact) mass is 219 g/mol. The highest BCUT2D eigenvalue weighted by atomic mass is 15.3. The summed E-state index contributed by atoms with van der Waals surface area (Å²) < 4.78 is 1.98. The molecule has 0 saturated carbocycles. The molecule has 0 unspecified atom stereocenters. The van der Waals surface area contributed by atoms with Crippen LogP contribution in [0.2, 0.25) is 0 Å². The second-order valence-electron chi connectivity index (χ2n) is 3.89. The van der Waals surface area contributed by atoms with Crippen LogP contribution in [-0.4, -0.2) is 26.5 Å². The zero-order valence-electron chi connectivity index (χ0n) is 9.48. The van der Waals surface area contributed by atoms with E-state index >= 15 is 0 Å². The Labute approximate surface area is 94.9 Å². The summed E-state index contributed by atoms with van der Waals surface area (Å²) in [6.07, 6.45) is 6.80. The normalized spacial score (nSPS) is 10.8. The number of aromatic nitrogens is 4. The third-order valence-corrected chi connectivity index (χ3v) is 2.38. The summed E-state index contributed by atoms with van der Waals surface area (Å²) in [6, 6.07) is 1.98. The van der Waals surface area contributed by atoms with Crippen molar-refractivity contribution >= 4 is 0 Å². The minimum Gasteiger partial charge on any atom is -0.311 e. The van der Waals surface area contributed by atoms with Crippen molar-refractivity contribution < 1.29 is 0 Å². The molecule has 0 aliphatic rings. The average molecular weight is 219 g/mol. The number of H-pyrrole nitrogens is 1. The van der Waals surface area contributed by atoms with Crippen molar-refractivity contribution in [2.75, 3.05) is 6.54 Å². The number of hydrogen-bond acceptors (Lipinski definition) is 3. The van der Waals surface area contributed by atoms with E-state index in [0.717, 1.165) is 31.7 Å². The second-order valence-corrected chi connectivity index (χ2v) is 3.89.